The minimum Gasteiger partial charge on any atom is -0.550 e. The minimum absolute atomic E-state index is 0. The van der Waals surface area contributed by atoms with Crippen LogP contribution in [-0.2, 0) is 4.79 Å². The molecular formula is C34H71NO2. The van der Waals surface area contributed by atoms with Gasteiger partial charge in [0.15, 0.2) is 0 Å². The Morgan fingerprint density at radius 1 is 0.568 bits per heavy atom. The molecule has 0 aromatic carbocycles. The lowest BCUT2D eigenvalue weighted by atomic mass is 9.60. The standard InChI is InChI=1S/C34H68O2.H3N/c1-7-9-11-13-15-17-18-19-20-21-22-24-26-28-32(30(3)4)34(31(5)6,33(35)36)29-27-25-23-16-14-12-10-8-2;/h30-32H,7-29H2,1-6H3,(H,35,36);1H3. The number of carboxylic acid groups (broad SMARTS) is 1. The van der Waals surface area contributed by atoms with Crippen molar-refractivity contribution in [3.8, 4) is 0 Å². The molecule has 0 aromatic heterocycles. The largest absolute Gasteiger partial charge is 0.550 e. The fourth-order valence-electron chi connectivity index (χ4n) is 6.51. The summed E-state index contributed by atoms with van der Waals surface area (Å²) in [5.41, 5.74) is -0.673. The van der Waals surface area contributed by atoms with E-state index in [1.54, 1.807) is 0 Å². The molecule has 3 heteroatoms. The number of hydrogen-bond acceptors (Lipinski definition) is 2. The van der Waals surface area contributed by atoms with E-state index in [1.165, 1.54) is 122 Å². The first-order valence-electron chi connectivity index (χ1n) is 16.6. The maximum Gasteiger partial charge on any atom is 0.0481 e. The van der Waals surface area contributed by atoms with Gasteiger partial charge in [0.25, 0.3) is 0 Å². The van der Waals surface area contributed by atoms with Gasteiger partial charge in [-0.25, -0.2) is 0 Å². The van der Waals surface area contributed by atoms with Gasteiger partial charge in [-0.15, -0.1) is 0 Å². The molecule has 0 bridgehead atoms. The summed E-state index contributed by atoms with van der Waals surface area (Å²) >= 11 is 0. The smallest absolute Gasteiger partial charge is 0.0481 e. The summed E-state index contributed by atoms with van der Waals surface area (Å²) in [6.45, 7) is 13.3. The molecule has 0 fully saturated rings. The molecular weight excluding hydrogens is 454 g/mol. The molecule has 224 valence electrons. The van der Waals surface area contributed by atoms with Gasteiger partial charge in [-0.2, -0.15) is 0 Å². The Morgan fingerprint density at radius 2 is 0.892 bits per heavy atom. The van der Waals surface area contributed by atoms with Gasteiger partial charge in [-0.1, -0.05) is 176 Å². The fraction of sp³-hybridized carbons (Fsp3) is 0.971. The second-order valence-electron chi connectivity index (χ2n) is 12.6. The van der Waals surface area contributed by atoms with Crippen LogP contribution in [0.15, 0.2) is 0 Å². The maximum absolute atomic E-state index is 12.7. The Kier molecular flexibility index (Phi) is 26.8. The SMILES string of the molecule is CCCCCCCCCCCCCCCC(C(C)C)C(CCCCCCCCCC)(C(=O)[O-])C(C)C.[NH4+]. The molecule has 3 nitrogen and oxygen atoms in total. The zero-order valence-electron chi connectivity index (χ0n) is 26.8. The van der Waals surface area contributed by atoms with Crippen molar-refractivity contribution in [1.29, 1.82) is 0 Å². The van der Waals surface area contributed by atoms with Crippen LogP contribution in [0.4, 0.5) is 0 Å². The van der Waals surface area contributed by atoms with Crippen LogP contribution >= 0.6 is 0 Å². The zero-order chi connectivity index (χ0) is 27.1. The number of carboxylic acids is 1. The molecule has 2 atom stereocenters. The van der Waals surface area contributed by atoms with Crippen LogP contribution in [0, 0.1) is 23.2 Å². The molecule has 0 spiro atoms. The summed E-state index contributed by atoms with van der Waals surface area (Å²) in [7, 11) is 0. The summed E-state index contributed by atoms with van der Waals surface area (Å²) in [6, 6.07) is 0. The lowest BCUT2D eigenvalue weighted by molar-refractivity contribution is -0.327. The number of rotatable bonds is 27. The van der Waals surface area contributed by atoms with Gasteiger partial charge in [0.05, 0.1) is 0 Å². The summed E-state index contributed by atoms with van der Waals surface area (Å²) in [5.74, 6) is -0.0494. The van der Waals surface area contributed by atoms with E-state index in [0.29, 0.717) is 5.92 Å². The van der Waals surface area contributed by atoms with Crippen molar-refractivity contribution in [2.24, 2.45) is 23.2 Å². The van der Waals surface area contributed by atoms with E-state index < -0.39 is 11.4 Å². The third kappa shape index (κ3) is 17.6. The van der Waals surface area contributed by atoms with Crippen molar-refractivity contribution in [2.45, 2.75) is 189 Å². The van der Waals surface area contributed by atoms with Crippen LogP contribution in [-0.4, -0.2) is 5.97 Å². The van der Waals surface area contributed by atoms with E-state index in [-0.39, 0.29) is 18.0 Å². The monoisotopic (exact) mass is 526 g/mol. The van der Waals surface area contributed by atoms with E-state index in [9.17, 15) is 9.90 Å². The predicted molar refractivity (Wildman–Crippen MR) is 164 cm³/mol. The predicted octanol–water partition coefficient (Wildman–Crippen LogP) is 11.0. The molecule has 0 aliphatic rings. The first-order chi connectivity index (χ1) is 17.3. The minimum atomic E-state index is -0.783. The van der Waals surface area contributed by atoms with Gasteiger partial charge < -0.3 is 16.1 Å². The van der Waals surface area contributed by atoms with E-state index in [2.05, 4.69) is 41.5 Å². The summed E-state index contributed by atoms with van der Waals surface area (Å²) in [4.78, 5) is 12.7. The van der Waals surface area contributed by atoms with Gasteiger partial charge in [0.1, 0.15) is 0 Å². The summed E-state index contributed by atoms with van der Waals surface area (Å²) < 4.78 is 0. The number of carbonyl (C=O) groups is 1. The van der Waals surface area contributed by atoms with Crippen LogP contribution in [0.2, 0.25) is 0 Å². The van der Waals surface area contributed by atoms with Gasteiger partial charge in [0.2, 0.25) is 0 Å². The van der Waals surface area contributed by atoms with Crippen molar-refractivity contribution in [1.82, 2.24) is 6.15 Å². The number of quaternary nitrogens is 1. The average molecular weight is 526 g/mol. The molecule has 4 N–H and O–H groups in total. The second kappa shape index (κ2) is 25.7. The average Bonchev–Trinajstić information content (AvgIpc) is 2.83. The highest BCUT2D eigenvalue weighted by Crippen LogP contribution is 2.46. The van der Waals surface area contributed by atoms with Crippen molar-refractivity contribution in [3.63, 3.8) is 0 Å². The third-order valence-corrected chi connectivity index (χ3v) is 8.94. The molecule has 2 unspecified atom stereocenters. The van der Waals surface area contributed by atoms with Gasteiger partial charge in [0, 0.05) is 11.4 Å². The third-order valence-electron chi connectivity index (χ3n) is 8.94. The van der Waals surface area contributed by atoms with Crippen LogP contribution in [0.3, 0.4) is 0 Å². The molecule has 0 aliphatic carbocycles. The Morgan fingerprint density at radius 3 is 1.19 bits per heavy atom. The van der Waals surface area contributed by atoms with Crippen molar-refractivity contribution in [3.05, 3.63) is 0 Å². The van der Waals surface area contributed by atoms with Crippen LogP contribution in [0.1, 0.15) is 189 Å². The molecule has 0 radical (unpaired) electrons. The second-order valence-corrected chi connectivity index (χ2v) is 12.6. The lowest BCUT2D eigenvalue weighted by Gasteiger charge is -2.47. The van der Waals surface area contributed by atoms with Gasteiger partial charge in [-0.3, -0.25) is 0 Å². The van der Waals surface area contributed by atoms with Gasteiger partial charge in [-0.05, 0) is 30.6 Å². The number of aliphatic carboxylic acids is 1. The highest BCUT2D eigenvalue weighted by atomic mass is 16.4. The molecule has 0 saturated heterocycles. The van der Waals surface area contributed by atoms with Crippen LogP contribution < -0.4 is 11.3 Å². The van der Waals surface area contributed by atoms with Crippen LogP contribution in [0.25, 0.3) is 0 Å². The molecule has 0 aliphatic heterocycles. The Labute approximate surface area is 234 Å². The number of carbonyl (C=O) groups excluding carboxylic acids is 1. The number of unbranched alkanes of at least 4 members (excludes halogenated alkanes) is 19. The fourth-order valence-corrected chi connectivity index (χ4v) is 6.51. The van der Waals surface area contributed by atoms with Crippen molar-refractivity contribution >= 4 is 5.97 Å². The van der Waals surface area contributed by atoms with Crippen molar-refractivity contribution < 1.29 is 9.90 Å². The normalized spacial score (nSPS) is 14.1. The highest BCUT2D eigenvalue weighted by Gasteiger charge is 2.43. The first kappa shape index (κ1) is 38.6. The molecule has 0 heterocycles. The summed E-state index contributed by atoms with van der Waals surface area (Å²) in [6.07, 6.45) is 29.5. The zero-order valence-corrected chi connectivity index (χ0v) is 26.8. The number of hydrogen-bond donors (Lipinski definition) is 1. The topological polar surface area (TPSA) is 76.6 Å². The molecule has 37 heavy (non-hydrogen) atoms. The Bertz CT molecular complexity index is 490. The van der Waals surface area contributed by atoms with Crippen molar-refractivity contribution in [2.75, 3.05) is 0 Å². The Hall–Kier alpha value is -0.570. The lowest BCUT2D eigenvalue weighted by Crippen LogP contribution is -2.52. The van der Waals surface area contributed by atoms with Gasteiger partial charge >= 0.3 is 0 Å². The van der Waals surface area contributed by atoms with Crippen LogP contribution in [0.5, 0.6) is 0 Å². The van der Waals surface area contributed by atoms with E-state index in [1.807, 2.05) is 0 Å². The molecule has 0 rings (SSSR count). The first-order valence-corrected chi connectivity index (χ1v) is 16.6. The molecule has 0 saturated carbocycles. The Balaban J connectivity index is 0. The van der Waals surface area contributed by atoms with E-state index in [0.717, 1.165) is 25.7 Å². The molecule has 0 amide bonds. The maximum atomic E-state index is 12.7. The summed E-state index contributed by atoms with van der Waals surface area (Å²) in [5, 5.41) is 12.7. The molecule has 0 aromatic rings. The highest BCUT2D eigenvalue weighted by molar-refractivity contribution is 5.73. The van der Waals surface area contributed by atoms with E-state index in [4.69, 9.17) is 0 Å². The van der Waals surface area contributed by atoms with E-state index >= 15 is 0 Å². The quantitative estimate of drug-likeness (QED) is 0.108.